The van der Waals surface area contributed by atoms with E-state index in [2.05, 4.69) is 61.9 Å². The van der Waals surface area contributed by atoms with Crippen LogP contribution in [-0.2, 0) is 9.53 Å². The third kappa shape index (κ3) is 7.97. The van der Waals surface area contributed by atoms with Crippen LogP contribution in [0.2, 0.25) is 0 Å². The Hall–Kier alpha value is -2.07. The summed E-state index contributed by atoms with van der Waals surface area (Å²) >= 11 is 0. The van der Waals surface area contributed by atoms with E-state index < -0.39 is 0 Å². The van der Waals surface area contributed by atoms with Crippen molar-refractivity contribution in [3.63, 3.8) is 0 Å². The van der Waals surface area contributed by atoms with Crippen molar-refractivity contribution in [1.29, 1.82) is 0 Å². The van der Waals surface area contributed by atoms with Crippen molar-refractivity contribution in [1.82, 2.24) is 5.32 Å². The third-order valence-corrected chi connectivity index (χ3v) is 3.41. The van der Waals surface area contributed by atoms with E-state index in [1.54, 1.807) is 0 Å². The van der Waals surface area contributed by atoms with Gasteiger partial charge in [-0.15, -0.1) is 0 Å². The Morgan fingerprint density at radius 3 is 2.33 bits per heavy atom. The van der Waals surface area contributed by atoms with Crippen molar-refractivity contribution in [2.45, 2.75) is 46.7 Å². The third-order valence-electron chi connectivity index (χ3n) is 3.41. The van der Waals surface area contributed by atoms with E-state index in [1.807, 2.05) is 26.0 Å². The van der Waals surface area contributed by atoms with Crippen LogP contribution in [0.4, 0.5) is 0 Å². The number of Topliss-reactive ketones (excluding diaryl/α,β-unsaturated/α-hetero) is 1. The molecule has 1 aromatic rings. The molecule has 24 heavy (non-hydrogen) atoms. The molecule has 0 radical (unpaired) electrons. The first-order chi connectivity index (χ1) is 11.4. The van der Waals surface area contributed by atoms with E-state index in [9.17, 15) is 4.79 Å². The molecule has 3 heteroatoms. The zero-order chi connectivity index (χ0) is 17.9. The first-order valence-electron chi connectivity index (χ1n) is 8.35. The van der Waals surface area contributed by atoms with Crippen LogP contribution >= 0.6 is 0 Å². The molecule has 0 aliphatic heterocycles. The number of hydrogen-bond acceptors (Lipinski definition) is 3. The van der Waals surface area contributed by atoms with Gasteiger partial charge >= 0.3 is 0 Å². The van der Waals surface area contributed by atoms with Crippen LogP contribution in [0.5, 0.6) is 0 Å². The smallest absolute Gasteiger partial charge is 0.161 e. The number of ketones is 1. The molecule has 128 valence electrons. The molecule has 1 aromatic carbocycles. The summed E-state index contributed by atoms with van der Waals surface area (Å²) in [5.41, 5.74) is 2.17. The van der Waals surface area contributed by atoms with Gasteiger partial charge in [-0.05, 0) is 36.5 Å². The molecule has 1 rings (SSSR count). The molecule has 3 nitrogen and oxygen atoms in total. The maximum atomic E-state index is 11.3. The Morgan fingerprint density at radius 1 is 1.08 bits per heavy atom. The summed E-state index contributed by atoms with van der Waals surface area (Å²) < 4.78 is 5.18. The summed E-state index contributed by atoms with van der Waals surface area (Å²) in [6.45, 7) is 10.5. The molecule has 0 aliphatic carbocycles. The number of rotatable bonds is 7. The average Bonchev–Trinajstić information content (AvgIpc) is 2.53. The van der Waals surface area contributed by atoms with Crippen LogP contribution in [0.1, 0.15) is 51.8 Å². The summed E-state index contributed by atoms with van der Waals surface area (Å²) in [4.78, 5) is 11.3. The predicted molar refractivity (Wildman–Crippen MR) is 98.4 cm³/mol. The Bertz CT molecular complexity index is 636. The molecule has 0 aromatic heterocycles. The second-order valence-corrected chi connectivity index (χ2v) is 6.33. The highest BCUT2D eigenvalue weighted by Gasteiger charge is 2.06. The molecule has 0 amide bonds. The molecule has 0 bridgehead atoms. The highest BCUT2D eigenvalue weighted by atomic mass is 16.5. The molecule has 0 aliphatic rings. The lowest BCUT2D eigenvalue weighted by molar-refractivity contribution is -0.126. The summed E-state index contributed by atoms with van der Waals surface area (Å²) in [6, 6.07) is 8.93. The zero-order valence-corrected chi connectivity index (χ0v) is 15.3. The standard InChI is InChI=1S/C21H27NO2/c1-16(2)21(23)15-24-14-8-6-7-9-19-10-12-20(13-11-19)18(5)22-17(3)4/h10-13,16-18,22H,14-15H2,1-5H3/t18-/m0/s1. The van der Waals surface area contributed by atoms with Crippen LogP contribution < -0.4 is 5.32 Å². The molecule has 0 heterocycles. The van der Waals surface area contributed by atoms with Crippen LogP contribution in [0.15, 0.2) is 24.3 Å². The van der Waals surface area contributed by atoms with Gasteiger partial charge < -0.3 is 10.1 Å². The van der Waals surface area contributed by atoms with Crippen LogP contribution in [0.3, 0.4) is 0 Å². The Kier molecular flexibility index (Phi) is 8.87. The molecule has 1 N–H and O–H groups in total. The largest absolute Gasteiger partial charge is 0.361 e. The number of hydrogen-bond donors (Lipinski definition) is 1. The summed E-state index contributed by atoms with van der Waals surface area (Å²) in [5, 5.41) is 3.47. The molecule has 0 fully saturated rings. The molecule has 0 unspecified atom stereocenters. The number of carbonyl (C=O) groups is 1. The summed E-state index contributed by atoms with van der Waals surface area (Å²) in [6.07, 6.45) is 0. The SMILES string of the molecule is CC(C)N[C@@H](C)c1ccc(C#CC#CCOCC(=O)C(C)C)cc1. The van der Waals surface area contributed by atoms with Gasteiger partial charge in [-0.2, -0.15) is 0 Å². The van der Waals surface area contributed by atoms with Crippen molar-refractivity contribution in [3.05, 3.63) is 35.4 Å². The van der Waals surface area contributed by atoms with Gasteiger partial charge in [0, 0.05) is 23.6 Å². The molecule has 0 spiro atoms. The lowest BCUT2D eigenvalue weighted by atomic mass is 10.1. The van der Waals surface area contributed by atoms with E-state index in [1.165, 1.54) is 5.56 Å². The van der Waals surface area contributed by atoms with Crippen molar-refractivity contribution >= 4 is 5.78 Å². The predicted octanol–water partition coefficient (Wildman–Crippen LogP) is 3.34. The molecular formula is C21H27NO2. The fourth-order valence-electron chi connectivity index (χ4n) is 2.00. The number of nitrogens with one attached hydrogen (secondary N) is 1. The van der Waals surface area contributed by atoms with E-state index in [-0.39, 0.29) is 24.9 Å². The van der Waals surface area contributed by atoms with Crippen molar-refractivity contribution in [2.75, 3.05) is 13.2 Å². The lowest BCUT2D eigenvalue weighted by Gasteiger charge is -2.17. The first kappa shape index (κ1) is 20.0. The van der Waals surface area contributed by atoms with Gasteiger partial charge in [-0.3, -0.25) is 4.79 Å². The average molecular weight is 325 g/mol. The van der Waals surface area contributed by atoms with Gasteiger partial charge in [0.1, 0.15) is 13.2 Å². The molecule has 1 atom stereocenters. The minimum absolute atomic E-state index is 0.000760. The fourth-order valence-corrected chi connectivity index (χ4v) is 2.00. The van der Waals surface area contributed by atoms with Crippen LogP contribution in [0, 0.1) is 29.6 Å². The highest BCUT2D eigenvalue weighted by Crippen LogP contribution is 2.13. The fraction of sp³-hybridized carbons (Fsp3) is 0.476. The normalized spacial score (nSPS) is 11.5. The van der Waals surface area contributed by atoms with Gasteiger partial charge in [0.05, 0.1) is 0 Å². The number of carbonyl (C=O) groups excluding carboxylic acids is 1. The molecule has 0 saturated carbocycles. The Balaban J connectivity index is 2.45. The van der Waals surface area contributed by atoms with Gasteiger partial charge in [0.25, 0.3) is 0 Å². The van der Waals surface area contributed by atoms with Crippen molar-refractivity contribution < 1.29 is 9.53 Å². The minimum atomic E-state index is -0.000760. The van der Waals surface area contributed by atoms with Gasteiger partial charge in [-0.25, -0.2) is 0 Å². The van der Waals surface area contributed by atoms with Crippen LogP contribution in [-0.4, -0.2) is 25.0 Å². The van der Waals surface area contributed by atoms with Crippen LogP contribution in [0.25, 0.3) is 0 Å². The molecular weight excluding hydrogens is 298 g/mol. The summed E-state index contributed by atoms with van der Waals surface area (Å²) in [7, 11) is 0. The van der Waals surface area contributed by atoms with E-state index in [4.69, 9.17) is 4.74 Å². The van der Waals surface area contributed by atoms with Gasteiger partial charge in [-0.1, -0.05) is 51.7 Å². The summed E-state index contributed by atoms with van der Waals surface area (Å²) in [5.74, 6) is 11.4. The number of benzene rings is 1. The number of ether oxygens (including phenoxy) is 1. The van der Waals surface area contributed by atoms with E-state index in [0.717, 1.165) is 5.56 Å². The topological polar surface area (TPSA) is 38.3 Å². The maximum absolute atomic E-state index is 11.3. The molecule has 0 saturated heterocycles. The van der Waals surface area contributed by atoms with E-state index in [0.29, 0.717) is 12.1 Å². The second-order valence-electron chi connectivity index (χ2n) is 6.33. The van der Waals surface area contributed by atoms with E-state index >= 15 is 0 Å². The first-order valence-corrected chi connectivity index (χ1v) is 8.35. The second kappa shape index (κ2) is 10.7. The lowest BCUT2D eigenvalue weighted by Crippen LogP contribution is -2.25. The Morgan fingerprint density at radius 2 is 1.75 bits per heavy atom. The van der Waals surface area contributed by atoms with Gasteiger partial charge in [0.15, 0.2) is 5.78 Å². The monoisotopic (exact) mass is 325 g/mol. The zero-order valence-electron chi connectivity index (χ0n) is 15.3. The van der Waals surface area contributed by atoms with Gasteiger partial charge in [0.2, 0.25) is 0 Å². The highest BCUT2D eigenvalue weighted by molar-refractivity contribution is 5.81. The van der Waals surface area contributed by atoms with Crippen molar-refractivity contribution in [3.8, 4) is 23.7 Å². The van der Waals surface area contributed by atoms with Crippen molar-refractivity contribution in [2.24, 2.45) is 5.92 Å². The quantitative estimate of drug-likeness (QED) is 0.617. The maximum Gasteiger partial charge on any atom is 0.161 e. The minimum Gasteiger partial charge on any atom is -0.361 e. The Labute approximate surface area is 146 Å².